The van der Waals surface area contributed by atoms with Gasteiger partial charge in [-0.2, -0.15) is 0 Å². The third-order valence-electron chi connectivity index (χ3n) is 2.44. The average molecular weight is 219 g/mol. The monoisotopic (exact) mass is 218 g/mol. The zero-order valence-corrected chi connectivity index (χ0v) is 8.11. The van der Waals surface area contributed by atoms with Crippen molar-refractivity contribution in [2.45, 2.75) is 24.9 Å². The van der Waals surface area contributed by atoms with Crippen LogP contribution in [0.25, 0.3) is 0 Å². The maximum absolute atomic E-state index is 12.8. The molecular formula is C10H9ClF2O. The van der Waals surface area contributed by atoms with Crippen molar-refractivity contribution in [1.29, 1.82) is 0 Å². The quantitative estimate of drug-likeness (QED) is 0.757. The van der Waals surface area contributed by atoms with Gasteiger partial charge >= 0.3 is 0 Å². The summed E-state index contributed by atoms with van der Waals surface area (Å²) in [7, 11) is 0. The normalized spacial score (nSPS) is 18.3. The van der Waals surface area contributed by atoms with E-state index in [9.17, 15) is 13.9 Å². The Kier molecular flexibility index (Phi) is 2.24. The van der Waals surface area contributed by atoms with Crippen LogP contribution in [0.3, 0.4) is 0 Å². The zero-order chi connectivity index (χ0) is 10.3. The molecule has 2 rings (SSSR count). The molecule has 4 heteroatoms. The van der Waals surface area contributed by atoms with E-state index in [1.807, 2.05) is 0 Å². The Hall–Kier alpha value is -0.670. The third-order valence-corrected chi connectivity index (χ3v) is 2.79. The second-order valence-electron chi connectivity index (χ2n) is 3.76. The molecule has 1 aliphatic carbocycles. The lowest BCUT2D eigenvalue weighted by atomic mass is 10.1. The highest BCUT2D eigenvalue weighted by molar-refractivity contribution is 6.31. The predicted molar refractivity (Wildman–Crippen MR) is 49.3 cm³/mol. The lowest BCUT2D eigenvalue weighted by Crippen LogP contribution is -2.11. The molecule has 0 amide bonds. The molecule has 76 valence electrons. The van der Waals surface area contributed by atoms with Crippen molar-refractivity contribution in [3.63, 3.8) is 0 Å². The molecule has 14 heavy (non-hydrogen) atoms. The number of hydrogen-bond acceptors (Lipinski definition) is 1. The van der Waals surface area contributed by atoms with Gasteiger partial charge in [0.1, 0.15) is 0 Å². The SMILES string of the molecule is OC1(Cc2cc(F)c(F)cc2Cl)CC1. The van der Waals surface area contributed by atoms with Crippen molar-refractivity contribution in [2.24, 2.45) is 0 Å². The summed E-state index contributed by atoms with van der Waals surface area (Å²) in [5, 5.41) is 9.76. The van der Waals surface area contributed by atoms with Crippen LogP contribution < -0.4 is 0 Å². The van der Waals surface area contributed by atoms with Gasteiger partial charge in [0, 0.05) is 11.4 Å². The number of halogens is 3. The Balaban J connectivity index is 2.29. The number of hydrogen-bond donors (Lipinski definition) is 1. The summed E-state index contributed by atoms with van der Waals surface area (Å²) in [6, 6.07) is 1.99. The first-order valence-corrected chi connectivity index (χ1v) is 4.74. The molecule has 1 aromatic rings. The Morgan fingerprint density at radius 1 is 1.29 bits per heavy atom. The molecule has 1 aromatic carbocycles. The topological polar surface area (TPSA) is 20.2 Å². The summed E-state index contributed by atoms with van der Waals surface area (Å²) in [6.07, 6.45) is 1.69. The first kappa shape index (κ1) is 9.87. The largest absolute Gasteiger partial charge is 0.390 e. The van der Waals surface area contributed by atoms with Crippen molar-refractivity contribution in [1.82, 2.24) is 0 Å². The van der Waals surface area contributed by atoms with Gasteiger partial charge in [-0.25, -0.2) is 8.78 Å². The third kappa shape index (κ3) is 1.88. The molecule has 1 aliphatic rings. The van der Waals surface area contributed by atoms with E-state index in [0.717, 1.165) is 12.1 Å². The standard InChI is InChI=1S/C10H9ClF2O/c11-7-4-9(13)8(12)3-6(7)5-10(14)1-2-10/h3-4,14H,1-2,5H2. The number of rotatable bonds is 2. The zero-order valence-electron chi connectivity index (χ0n) is 7.36. The van der Waals surface area contributed by atoms with E-state index in [2.05, 4.69) is 0 Å². The van der Waals surface area contributed by atoms with Crippen molar-refractivity contribution in [3.8, 4) is 0 Å². The second kappa shape index (κ2) is 3.17. The molecular weight excluding hydrogens is 210 g/mol. The minimum absolute atomic E-state index is 0.171. The molecule has 0 aromatic heterocycles. The Morgan fingerprint density at radius 3 is 2.43 bits per heavy atom. The van der Waals surface area contributed by atoms with Crippen molar-refractivity contribution in [3.05, 3.63) is 34.4 Å². The van der Waals surface area contributed by atoms with Crippen LogP contribution in [0.15, 0.2) is 12.1 Å². The first-order chi connectivity index (χ1) is 6.50. The summed E-state index contributed by atoms with van der Waals surface area (Å²) in [4.78, 5) is 0. The van der Waals surface area contributed by atoms with Crippen LogP contribution in [0.1, 0.15) is 18.4 Å². The van der Waals surface area contributed by atoms with E-state index in [0.29, 0.717) is 24.8 Å². The Labute approximate surface area is 85.3 Å². The first-order valence-electron chi connectivity index (χ1n) is 4.36. The van der Waals surface area contributed by atoms with Gasteiger partial charge in [0.25, 0.3) is 0 Å². The molecule has 1 nitrogen and oxygen atoms in total. The van der Waals surface area contributed by atoms with Gasteiger partial charge in [0.15, 0.2) is 11.6 Å². The van der Waals surface area contributed by atoms with E-state index < -0.39 is 17.2 Å². The summed E-state index contributed by atoms with van der Waals surface area (Å²) in [5.74, 6) is -1.88. The summed E-state index contributed by atoms with van der Waals surface area (Å²) < 4.78 is 25.5. The van der Waals surface area contributed by atoms with Crippen molar-refractivity contribution in [2.75, 3.05) is 0 Å². The van der Waals surface area contributed by atoms with Gasteiger partial charge < -0.3 is 5.11 Å². The lowest BCUT2D eigenvalue weighted by molar-refractivity contribution is 0.151. The highest BCUT2D eigenvalue weighted by Gasteiger charge is 2.40. The molecule has 0 unspecified atom stereocenters. The Bertz CT molecular complexity index is 375. The molecule has 0 atom stereocenters. The maximum atomic E-state index is 12.8. The lowest BCUT2D eigenvalue weighted by Gasteiger charge is -2.09. The number of aliphatic hydroxyl groups is 1. The van der Waals surface area contributed by atoms with Crippen molar-refractivity contribution >= 4 is 11.6 Å². The highest BCUT2D eigenvalue weighted by atomic mass is 35.5. The minimum Gasteiger partial charge on any atom is -0.390 e. The molecule has 0 saturated heterocycles. The maximum Gasteiger partial charge on any atom is 0.160 e. The molecule has 0 spiro atoms. The minimum atomic E-state index is -0.957. The van der Waals surface area contributed by atoms with Gasteiger partial charge in [-0.3, -0.25) is 0 Å². The predicted octanol–water partition coefficient (Wildman–Crippen LogP) is 2.69. The van der Waals surface area contributed by atoms with Gasteiger partial charge in [0.05, 0.1) is 5.60 Å². The van der Waals surface area contributed by atoms with E-state index in [4.69, 9.17) is 11.6 Å². The molecule has 0 heterocycles. The van der Waals surface area contributed by atoms with Gasteiger partial charge in [-0.15, -0.1) is 0 Å². The molecule has 1 fully saturated rings. The van der Waals surface area contributed by atoms with E-state index >= 15 is 0 Å². The van der Waals surface area contributed by atoms with Gasteiger partial charge in [-0.05, 0) is 30.5 Å². The van der Waals surface area contributed by atoms with Crippen LogP contribution in [-0.4, -0.2) is 10.7 Å². The van der Waals surface area contributed by atoms with Crippen LogP contribution in [-0.2, 0) is 6.42 Å². The molecule has 0 bridgehead atoms. The molecule has 1 saturated carbocycles. The number of benzene rings is 1. The summed E-state index contributed by atoms with van der Waals surface area (Å²) in [5.41, 5.74) is -0.279. The van der Waals surface area contributed by atoms with Crippen LogP contribution in [0.5, 0.6) is 0 Å². The molecule has 0 aliphatic heterocycles. The van der Waals surface area contributed by atoms with Crippen LogP contribution in [0.4, 0.5) is 8.78 Å². The van der Waals surface area contributed by atoms with Crippen LogP contribution in [0, 0.1) is 11.6 Å². The van der Waals surface area contributed by atoms with Crippen molar-refractivity contribution < 1.29 is 13.9 Å². The summed E-state index contributed by atoms with van der Waals surface area (Å²) in [6.45, 7) is 0. The highest BCUT2D eigenvalue weighted by Crippen LogP contribution is 2.39. The molecule has 1 N–H and O–H groups in total. The second-order valence-corrected chi connectivity index (χ2v) is 4.17. The van der Waals surface area contributed by atoms with E-state index in [1.165, 1.54) is 0 Å². The van der Waals surface area contributed by atoms with Gasteiger partial charge in [0.2, 0.25) is 0 Å². The smallest absolute Gasteiger partial charge is 0.160 e. The van der Waals surface area contributed by atoms with Crippen LogP contribution >= 0.6 is 11.6 Å². The molecule has 0 radical (unpaired) electrons. The average Bonchev–Trinajstić information content (AvgIpc) is 2.80. The fraction of sp³-hybridized carbons (Fsp3) is 0.400. The van der Waals surface area contributed by atoms with E-state index in [1.54, 1.807) is 0 Å². The summed E-state index contributed by atoms with van der Waals surface area (Å²) >= 11 is 5.72. The van der Waals surface area contributed by atoms with E-state index in [-0.39, 0.29) is 5.02 Å². The fourth-order valence-electron chi connectivity index (χ4n) is 1.37. The Morgan fingerprint density at radius 2 is 1.86 bits per heavy atom. The fourth-order valence-corrected chi connectivity index (χ4v) is 1.59. The van der Waals surface area contributed by atoms with Gasteiger partial charge in [-0.1, -0.05) is 11.6 Å². The van der Waals surface area contributed by atoms with Crippen LogP contribution in [0.2, 0.25) is 5.02 Å².